The first-order valence-corrected chi connectivity index (χ1v) is 7.81. The maximum Gasteiger partial charge on any atom is 0.271 e. The Labute approximate surface area is 137 Å². The summed E-state index contributed by atoms with van der Waals surface area (Å²) in [5.41, 5.74) is 2.57. The van der Waals surface area contributed by atoms with Crippen LogP contribution in [0.2, 0.25) is 0 Å². The maximum atomic E-state index is 13.9. The van der Waals surface area contributed by atoms with Gasteiger partial charge < -0.3 is 14.6 Å². The van der Waals surface area contributed by atoms with Gasteiger partial charge in [0, 0.05) is 11.9 Å². The minimum absolute atomic E-state index is 0.173. The number of carbonyl (C=O) groups excluding carboxylic acids is 1. The fourth-order valence-corrected chi connectivity index (χ4v) is 3.17. The molecule has 124 valence electrons. The summed E-state index contributed by atoms with van der Waals surface area (Å²) < 4.78 is 19.4. The number of aromatic amines is 2. The van der Waals surface area contributed by atoms with Crippen molar-refractivity contribution in [2.75, 3.05) is 19.8 Å². The van der Waals surface area contributed by atoms with E-state index in [0.29, 0.717) is 36.4 Å². The number of H-pyrrole nitrogens is 2. The molecule has 0 radical (unpaired) electrons. The number of amides is 1. The fourth-order valence-electron chi connectivity index (χ4n) is 3.17. The van der Waals surface area contributed by atoms with E-state index in [4.69, 9.17) is 4.74 Å². The largest absolute Gasteiger partial charge is 0.377 e. The third-order valence-electron chi connectivity index (χ3n) is 4.43. The number of para-hydroxylation sites is 1. The lowest BCUT2D eigenvalue weighted by molar-refractivity contribution is -0.00433. The molecular weight excluding hydrogens is 311 g/mol. The van der Waals surface area contributed by atoms with Gasteiger partial charge in [-0.15, -0.1) is 0 Å². The van der Waals surface area contributed by atoms with E-state index in [0.717, 1.165) is 11.3 Å². The predicted octanol–water partition coefficient (Wildman–Crippen LogP) is 2.55. The first kappa shape index (κ1) is 14.9. The van der Waals surface area contributed by atoms with Gasteiger partial charge in [0.2, 0.25) is 0 Å². The molecule has 0 spiro atoms. The first-order chi connectivity index (χ1) is 11.6. The molecule has 2 N–H and O–H groups in total. The fraction of sp³-hybridized carbons (Fsp3) is 0.294. The second-order valence-corrected chi connectivity index (χ2v) is 5.94. The number of nitrogens with one attached hydrogen (secondary N) is 2. The molecule has 1 amide bonds. The second kappa shape index (κ2) is 5.76. The number of nitrogens with zero attached hydrogens (tertiary/aromatic N) is 2. The Morgan fingerprint density at radius 3 is 3.08 bits per heavy atom. The zero-order chi connectivity index (χ0) is 16.7. The summed E-state index contributed by atoms with van der Waals surface area (Å²) in [6, 6.07) is 6.24. The minimum Gasteiger partial charge on any atom is -0.377 e. The van der Waals surface area contributed by atoms with Gasteiger partial charge >= 0.3 is 0 Å². The Kier molecular flexibility index (Phi) is 3.57. The molecule has 7 heteroatoms. The number of carbonyl (C=O) groups is 1. The van der Waals surface area contributed by atoms with Crippen LogP contribution in [-0.2, 0) is 4.74 Å². The van der Waals surface area contributed by atoms with Crippen molar-refractivity contribution < 1.29 is 13.9 Å². The topological polar surface area (TPSA) is 74.0 Å². The van der Waals surface area contributed by atoms with Crippen molar-refractivity contribution in [3.63, 3.8) is 0 Å². The van der Waals surface area contributed by atoms with E-state index in [9.17, 15) is 9.18 Å². The van der Waals surface area contributed by atoms with Crippen molar-refractivity contribution in [3.8, 4) is 0 Å². The van der Waals surface area contributed by atoms with Gasteiger partial charge in [-0.3, -0.25) is 9.89 Å². The van der Waals surface area contributed by atoms with Gasteiger partial charge in [0.25, 0.3) is 5.91 Å². The lowest BCUT2D eigenvalue weighted by Gasteiger charge is -2.35. The van der Waals surface area contributed by atoms with Crippen LogP contribution < -0.4 is 0 Å². The number of hydrogen-bond donors (Lipinski definition) is 2. The second-order valence-electron chi connectivity index (χ2n) is 5.94. The zero-order valence-corrected chi connectivity index (χ0v) is 13.2. The van der Waals surface area contributed by atoms with E-state index in [1.54, 1.807) is 29.3 Å². The van der Waals surface area contributed by atoms with Crippen molar-refractivity contribution in [2.45, 2.75) is 13.0 Å². The summed E-state index contributed by atoms with van der Waals surface area (Å²) in [6.07, 6.45) is 1.73. The van der Waals surface area contributed by atoms with E-state index in [-0.39, 0.29) is 17.8 Å². The van der Waals surface area contributed by atoms with Gasteiger partial charge in [0.15, 0.2) is 0 Å². The van der Waals surface area contributed by atoms with E-state index in [2.05, 4.69) is 15.2 Å². The Balaban J connectivity index is 1.70. The molecule has 1 saturated heterocycles. The number of morpholine rings is 1. The summed E-state index contributed by atoms with van der Waals surface area (Å²) in [7, 11) is 0. The van der Waals surface area contributed by atoms with Crippen LogP contribution in [0, 0.1) is 12.7 Å². The van der Waals surface area contributed by atoms with Crippen molar-refractivity contribution in [2.24, 2.45) is 0 Å². The van der Waals surface area contributed by atoms with Crippen molar-refractivity contribution in [1.82, 2.24) is 20.1 Å². The highest BCUT2D eigenvalue weighted by atomic mass is 19.1. The summed E-state index contributed by atoms with van der Waals surface area (Å²) >= 11 is 0. The van der Waals surface area contributed by atoms with Crippen LogP contribution in [0.3, 0.4) is 0 Å². The average Bonchev–Trinajstić information content (AvgIpc) is 3.21. The molecule has 1 fully saturated rings. The Hall–Kier alpha value is -2.67. The smallest absolute Gasteiger partial charge is 0.271 e. The molecule has 1 unspecified atom stereocenters. The van der Waals surface area contributed by atoms with E-state index < -0.39 is 0 Å². The summed E-state index contributed by atoms with van der Waals surface area (Å²) in [6.45, 7) is 3.29. The molecule has 6 nitrogen and oxygen atoms in total. The predicted molar refractivity (Wildman–Crippen MR) is 86.2 cm³/mol. The third-order valence-corrected chi connectivity index (χ3v) is 4.43. The summed E-state index contributed by atoms with van der Waals surface area (Å²) in [4.78, 5) is 17.6. The number of ether oxygens (including phenoxy) is 1. The first-order valence-electron chi connectivity index (χ1n) is 7.81. The molecule has 0 saturated carbocycles. The molecule has 1 aromatic carbocycles. The Bertz CT molecular complexity index is 901. The molecule has 3 heterocycles. The van der Waals surface area contributed by atoms with Crippen LogP contribution in [0.1, 0.15) is 27.8 Å². The highest BCUT2D eigenvalue weighted by molar-refractivity contribution is 5.98. The highest BCUT2D eigenvalue weighted by Crippen LogP contribution is 2.27. The van der Waals surface area contributed by atoms with Crippen LogP contribution in [0.5, 0.6) is 0 Å². The zero-order valence-electron chi connectivity index (χ0n) is 13.2. The number of aryl methyl sites for hydroxylation is 1. The van der Waals surface area contributed by atoms with Gasteiger partial charge in [-0.05, 0) is 24.6 Å². The monoisotopic (exact) mass is 328 g/mol. The van der Waals surface area contributed by atoms with Crippen molar-refractivity contribution in [1.29, 1.82) is 0 Å². The quantitative estimate of drug-likeness (QED) is 0.759. The number of rotatable bonds is 2. The molecule has 1 aliphatic heterocycles. The molecular formula is C17H17FN4O2. The molecule has 24 heavy (non-hydrogen) atoms. The number of aromatic nitrogens is 3. The van der Waals surface area contributed by atoms with E-state index in [1.807, 2.05) is 6.92 Å². The van der Waals surface area contributed by atoms with Gasteiger partial charge in [-0.2, -0.15) is 5.10 Å². The summed E-state index contributed by atoms with van der Waals surface area (Å²) in [5.74, 6) is -0.539. The van der Waals surface area contributed by atoms with Gasteiger partial charge in [-0.25, -0.2) is 4.39 Å². The van der Waals surface area contributed by atoms with Crippen LogP contribution >= 0.6 is 0 Å². The SMILES string of the molecule is Cc1cn[nH]c1C1COCCN1C(=O)c1cc2cccc(F)c2[nH]1. The normalized spacial score (nSPS) is 18.2. The molecule has 1 atom stereocenters. The van der Waals surface area contributed by atoms with Crippen LogP contribution in [0.25, 0.3) is 10.9 Å². The molecule has 3 aromatic rings. The standard InChI is InChI=1S/C17H17FN4O2/c1-10-8-19-21-15(10)14-9-24-6-5-22(14)17(23)13-7-11-3-2-4-12(18)16(11)20-13/h2-4,7-8,14,20H,5-6,9H2,1H3,(H,19,21). The third kappa shape index (κ3) is 2.37. The Morgan fingerprint density at radius 2 is 2.33 bits per heavy atom. The van der Waals surface area contributed by atoms with Crippen molar-refractivity contribution >= 4 is 16.8 Å². The average molecular weight is 328 g/mol. The number of fused-ring (bicyclic) bond motifs is 1. The van der Waals surface area contributed by atoms with Gasteiger partial charge in [0.05, 0.1) is 36.7 Å². The number of benzene rings is 1. The van der Waals surface area contributed by atoms with Crippen LogP contribution in [0.4, 0.5) is 4.39 Å². The lowest BCUT2D eigenvalue weighted by atomic mass is 10.1. The number of halogens is 1. The molecule has 4 rings (SSSR count). The highest BCUT2D eigenvalue weighted by Gasteiger charge is 2.32. The molecule has 1 aliphatic rings. The van der Waals surface area contributed by atoms with Crippen molar-refractivity contribution in [3.05, 3.63) is 53.2 Å². The van der Waals surface area contributed by atoms with Gasteiger partial charge in [-0.1, -0.05) is 12.1 Å². The lowest BCUT2D eigenvalue weighted by Crippen LogP contribution is -2.44. The van der Waals surface area contributed by atoms with Crippen LogP contribution in [0.15, 0.2) is 30.5 Å². The van der Waals surface area contributed by atoms with E-state index >= 15 is 0 Å². The number of hydrogen-bond acceptors (Lipinski definition) is 3. The van der Waals surface area contributed by atoms with Gasteiger partial charge in [0.1, 0.15) is 11.5 Å². The molecule has 0 bridgehead atoms. The maximum absolute atomic E-state index is 13.9. The minimum atomic E-state index is -0.366. The van der Waals surface area contributed by atoms with E-state index in [1.165, 1.54) is 6.07 Å². The van der Waals surface area contributed by atoms with Crippen LogP contribution in [-0.4, -0.2) is 45.7 Å². The summed E-state index contributed by atoms with van der Waals surface area (Å²) in [5, 5.41) is 7.67. The molecule has 2 aromatic heterocycles. The molecule has 0 aliphatic carbocycles. The Morgan fingerprint density at radius 1 is 1.46 bits per heavy atom.